The topological polar surface area (TPSA) is 82.4 Å². The number of carbonyl (C=O) groups excluding carboxylic acids is 2. The summed E-state index contributed by atoms with van der Waals surface area (Å²) in [5.41, 5.74) is 2.99. The van der Waals surface area contributed by atoms with Crippen LogP contribution in [0.4, 0.5) is 5.69 Å². The number of nitrogens with zero attached hydrogens (tertiary/aromatic N) is 2. The van der Waals surface area contributed by atoms with E-state index in [9.17, 15) is 14.9 Å². The van der Waals surface area contributed by atoms with Crippen LogP contribution in [0.15, 0.2) is 96.7 Å². The lowest BCUT2D eigenvalue weighted by Gasteiger charge is -2.21. The van der Waals surface area contributed by atoms with Crippen LogP contribution in [0.3, 0.4) is 0 Å². The molecule has 0 radical (unpaired) electrons. The van der Waals surface area contributed by atoms with Crippen LogP contribution in [0.1, 0.15) is 28.4 Å². The molecule has 1 amide bonds. The molecule has 1 N–H and O–H groups in total. The molecule has 0 fully saturated rings. The van der Waals surface area contributed by atoms with Crippen molar-refractivity contribution in [3.05, 3.63) is 113 Å². The molecule has 0 spiro atoms. The highest BCUT2D eigenvalue weighted by molar-refractivity contribution is 6.06. The molecule has 3 aromatic carbocycles. The fourth-order valence-electron chi connectivity index (χ4n) is 3.21. The Kier molecular flexibility index (Phi) is 8.38. The zero-order chi connectivity index (χ0) is 23.5. The van der Waals surface area contributed by atoms with Crippen molar-refractivity contribution in [3.63, 3.8) is 0 Å². The summed E-state index contributed by atoms with van der Waals surface area (Å²) in [4.78, 5) is 26.5. The second-order valence-corrected chi connectivity index (χ2v) is 7.28. The molecule has 0 atom stereocenters. The Labute approximate surface area is 193 Å². The SMILES string of the molecule is CCOC(=O)c1ccc(NC(=O)/C(C#N)=C\N(Cc2ccccc2)Cc2ccccc2)cc1. The summed E-state index contributed by atoms with van der Waals surface area (Å²) in [6.45, 7) is 3.11. The van der Waals surface area contributed by atoms with Crippen LogP contribution in [-0.4, -0.2) is 23.4 Å². The number of hydrogen-bond acceptors (Lipinski definition) is 5. The number of rotatable bonds is 9. The van der Waals surface area contributed by atoms with Crippen molar-refractivity contribution in [2.45, 2.75) is 20.0 Å². The molecule has 166 valence electrons. The van der Waals surface area contributed by atoms with Crippen molar-refractivity contribution in [1.29, 1.82) is 5.26 Å². The third-order valence-electron chi connectivity index (χ3n) is 4.79. The molecule has 6 nitrogen and oxygen atoms in total. The number of hydrogen-bond donors (Lipinski definition) is 1. The number of benzene rings is 3. The highest BCUT2D eigenvalue weighted by Crippen LogP contribution is 2.15. The van der Waals surface area contributed by atoms with Crippen LogP contribution in [0.25, 0.3) is 0 Å². The predicted octanol–water partition coefficient (Wildman–Crippen LogP) is 4.91. The molecule has 3 rings (SSSR count). The van der Waals surface area contributed by atoms with Crippen LogP contribution in [-0.2, 0) is 22.6 Å². The molecule has 3 aromatic rings. The fraction of sp³-hybridized carbons (Fsp3) is 0.148. The van der Waals surface area contributed by atoms with E-state index in [1.807, 2.05) is 71.6 Å². The normalized spacial score (nSPS) is 10.7. The number of ether oxygens (including phenoxy) is 1. The smallest absolute Gasteiger partial charge is 0.338 e. The summed E-state index contributed by atoms with van der Waals surface area (Å²) in [6, 6.07) is 28.1. The van der Waals surface area contributed by atoms with Gasteiger partial charge in [-0.05, 0) is 42.3 Å². The summed E-state index contributed by atoms with van der Waals surface area (Å²) in [5.74, 6) is -0.946. The van der Waals surface area contributed by atoms with Gasteiger partial charge in [0.1, 0.15) is 11.6 Å². The lowest BCUT2D eigenvalue weighted by Crippen LogP contribution is -2.21. The maximum absolute atomic E-state index is 12.8. The molecule has 6 heteroatoms. The Hall–Kier alpha value is -4.37. The Balaban J connectivity index is 1.77. The van der Waals surface area contributed by atoms with Crippen LogP contribution in [0, 0.1) is 11.3 Å². The van der Waals surface area contributed by atoms with E-state index in [1.165, 1.54) is 0 Å². The lowest BCUT2D eigenvalue weighted by molar-refractivity contribution is -0.112. The number of carbonyl (C=O) groups is 2. The fourth-order valence-corrected chi connectivity index (χ4v) is 3.21. The molecule has 0 aromatic heterocycles. The van der Waals surface area contributed by atoms with Gasteiger partial charge in [0.15, 0.2) is 0 Å². The first-order valence-electron chi connectivity index (χ1n) is 10.6. The van der Waals surface area contributed by atoms with E-state index in [0.29, 0.717) is 24.3 Å². The van der Waals surface area contributed by atoms with Crippen LogP contribution >= 0.6 is 0 Å². The molecule has 0 saturated heterocycles. The molecule has 0 bridgehead atoms. The largest absolute Gasteiger partial charge is 0.462 e. The van der Waals surface area contributed by atoms with Gasteiger partial charge in [-0.3, -0.25) is 4.79 Å². The highest BCUT2D eigenvalue weighted by atomic mass is 16.5. The molecule has 0 heterocycles. The van der Waals surface area contributed by atoms with Crippen molar-refractivity contribution in [1.82, 2.24) is 4.90 Å². The highest BCUT2D eigenvalue weighted by Gasteiger charge is 2.14. The Bertz CT molecular complexity index is 1090. The minimum atomic E-state index is -0.521. The first-order chi connectivity index (χ1) is 16.1. The Morgan fingerprint density at radius 3 is 1.94 bits per heavy atom. The quantitative estimate of drug-likeness (QED) is 0.291. The van der Waals surface area contributed by atoms with Gasteiger partial charge in [-0.2, -0.15) is 5.26 Å². The van der Waals surface area contributed by atoms with E-state index in [2.05, 4.69) is 5.32 Å². The molecule has 0 unspecified atom stereocenters. The first kappa shape index (κ1) is 23.3. The third-order valence-corrected chi connectivity index (χ3v) is 4.79. The van der Waals surface area contributed by atoms with Gasteiger partial charge in [-0.1, -0.05) is 60.7 Å². The van der Waals surface area contributed by atoms with Crippen molar-refractivity contribution < 1.29 is 14.3 Å². The van der Waals surface area contributed by atoms with Gasteiger partial charge < -0.3 is 15.0 Å². The van der Waals surface area contributed by atoms with Crippen molar-refractivity contribution >= 4 is 17.6 Å². The van der Waals surface area contributed by atoms with E-state index in [1.54, 1.807) is 37.4 Å². The third kappa shape index (κ3) is 7.08. The summed E-state index contributed by atoms with van der Waals surface area (Å²) >= 11 is 0. The zero-order valence-electron chi connectivity index (χ0n) is 18.4. The molecular weight excluding hydrogens is 414 g/mol. The number of anilines is 1. The van der Waals surface area contributed by atoms with Gasteiger partial charge in [0.25, 0.3) is 5.91 Å². The van der Waals surface area contributed by atoms with Crippen molar-refractivity contribution in [2.75, 3.05) is 11.9 Å². The van der Waals surface area contributed by atoms with E-state index in [-0.39, 0.29) is 12.2 Å². The second-order valence-electron chi connectivity index (χ2n) is 7.28. The molecule has 0 saturated carbocycles. The monoisotopic (exact) mass is 439 g/mol. The summed E-state index contributed by atoms with van der Waals surface area (Å²) in [7, 11) is 0. The average Bonchev–Trinajstić information content (AvgIpc) is 2.84. The molecule has 0 aliphatic rings. The van der Waals surface area contributed by atoms with E-state index >= 15 is 0 Å². The van der Waals surface area contributed by atoms with Gasteiger partial charge in [-0.25, -0.2) is 4.79 Å². The molecular formula is C27H25N3O3. The van der Waals surface area contributed by atoms with Gasteiger partial charge in [0, 0.05) is 25.0 Å². The van der Waals surface area contributed by atoms with Crippen LogP contribution in [0.2, 0.25) is 0 Å². The number of nitriles is 1. The maximum Gasteiger partial charge on any atom is 0.338 e. The maximum atomic E-state index is 12.8. The number of nitrogens with one attached hydrogen (secondary N) is 1. The predicted molar refractivity (Wildman–Crippen MR) is 127 cm³/mol. The first-order valence-corrected chi connectivity index (χ1v) is 10.6. The zero-order valence-corrected chi connectivity index (χ0v) is 18.4. The molecule has 0 aliphatic carbocycles. The van der Waals surface area contributed by atoms with Crippen LogP contribution in [0.5, 0.6) is 0 Å². The van der Waals surface area contributed by atoms with E-state index in [0.717, 1.165) is 11.1 Å². The van der Waals surface area contributed by atoms with E-state index in [4.69, 9.17) is 4.74 Å². The summed E-state index contributed by atoms with van der Waals surface area (Å²) in [6.07, 6.45) is 1.59. The minimum Gasteiger partial charge on any atom is -0.462 e. The summed E-state index contributed by atoms with van der Waals surface area (Å²) < 4.78 is 4.96. The van der Waals surface area contributed by atoms with Crippen LogP contribution < -0.4 is 5.32 Å². The second kappa shape index (κ2) is 11.9. The molecule has 0 aliphatic heterocycles. The van der Waals surface area contributed by atoms with Gasteiger partial charge >= 0.3 is 5.97 Å². The standard InChI is InChI=1S/C27H25N3O3/c1-2-33-27(32)23-13-15-25(16-14-23)29-26(31)24(17-28)20-30(18-21-9-5-3-6-10-21)19-22-11-7-4-8-12-22/h3-16,20H,2,18-19H2,1H3,(H,29,31)/b24-20-. The average molecular weight is 440 g/mol. The lowest BCUT2D eigenvalue weighted by atomic mass is 10.1. The summed E-state index contributed by atoms with van der Waals surface area (Å²) in [5, 5.41) is 12.4. The van der Waals surface area contributed by atoms with Gasteiger partial charge in [0.2, 0.25) is 0 Å². The van der Waals surface area contributed by atoms with E-state index < -0.39 is 11.9 Å². The molecule has 33 heavy (non-hydrogen) atoms. The Morgan fingerprint density at radius 1 is 0.909 bits per heavy atom. The number of amides is 1. The van der Waals surface area contributed by atoms with Crippen molar-refractivity contribution in [3.8, 4) is 6.07 Å². The Morgan fingerprint density at radius 2 is 1.45 bits per heavy atom. The van der Waals surface area contributed by atoms with Crippen molar-refractivity contribution in [2.24, 2.45) is 0 Å². The number of esters is 1. The van der Waals surface area contributed by atoms with Gasteiger partial charge in [0.05, 0.1) is 12.2 Å². The minimum absolute atomic E-state index is 0.0173. The van der Waals surface area contributed by atoms with Gasteiger partial charge in [-0.15, -0.1) is 0 Å².